The Bertz CT molecular complexity index is 304. The van der Waals surface area contributed by atoms with Gasteiger partial charge in [0.15, 0.2) is 0 Å². The number of benzene rings is 1. The minimum atomic E-state index is 0.146. The van der Waals surface area contributed by atoms with Crippen LogP contribution in [0.3, 0.4) is 0 Å². The van der Waals surface area contributed by atoms with Crippen molar-refractivity contribution in [2.45, 2.75) is 19.4 Å². The Balaban J connectivity index is 2.64. The molecule has 0 saturated heterocycles. The van der Waals surface area contributed by atoms with Crippen LogP contribution in [0.1, 0.15) is 13.3 Å². The van der Waals surface area contributed by atoms with Gasteiger partial charge in [-0.3, -0.25) is 0 Å². The van der Waals surface area contributed by atoms with Gasteiger partial charge in [-0.15, -0.1) is 0 Å². The molecule has 0 amide bonds. The molecule has 0 saturated carbocycles. The average molecular weight is 225 g/mol. The van der Waals surface area contributed by atoms with E-state index in [1.54, 1.807) is 20.3 Å². The maximum atomic E-state index is 5.64. The van der Waals surface area contributed by atoms with Crippen LogP contribution in [0.25, 0.3) is 0 Å². The fourth-order valence-corrected chi connectivity index (χ4v) is 1.23. The van der Waals surface area contributed by atoms with Gasteiger partial charge in [-0.05, 0) is 13.3 Å². The molecular formula is C12H19NO3. The Morgan fingerprint density at radius 3 is 2.00 bits per heavy atom. The molecule has 90 valence electrons. The highest BCUT2D eigenvalue weighted by Crippen LogP contribution is 2.27. The standard InChI is InChI=1S/C12H19NO3/c1-9(13)4-5-16-12-7-10(14-2)6-11(8-12)15-3/h6-9H,4-5,13H2,1-3H3. The van der Waals surface area contributed by atoms with E-state index in [2.05, 4.69) is 0 Å². The molecule has 1 aromatic rings. The van der Waals surface area contributed by atoms with Gasteiger partial charge in [-0.25, -0.2) is 0 Å². The molecule has 16 heavy (non-hydrogen) atoms. The first-order valence-corrected chi connectivity index (χ1v) is 5.27. The average Bonchev–Trinajstić information content (AvgIpc) is 2.28. The van der Waals surface area contributed by atoms with Gasteiger partial charge in [0.1, 0.15) is 17.2 Å². The highest BCUT2D eigenvalue weighted by molar-refractivity contribution is 5.41. The zero-order valence-corrected chi connectivity index (χ0v) is 10.0. The van der Waals surface area contributed by atoms with E-state index in [0.29, 0.717) is 6.61 Å². The van der Waals surface area contributed by atoms with E-state index < -0.39 is 0 Å². The molecule has 1 atom stereocenters. The second-order valence-electron chi connectivity index (χ2n) is 3.66. The first-order chi connectivity index (χ1) is 7.65. The molecule has 0 aromatic heterocycles. The molecule has 0 aliphatic carbocycles. The quantitative estimate of drug-likeness (QED) is 0.802. The van der Waals surface area contributed by atoms with Crippen LogP contribution >= 0.6 is 0 Å². The van der Waals surface area contributed by atoms with E-state index in [4.69, 9.17) is 19.9 Å². The highest BCUT2D eigenvalue weighted by Gasteiger charge is 2.03. The molecule has 0 radical (unpaired) electrons. The summed E-state index contributed by atoms with van der Waals surface area (Å²) in [5, 5.41) is 0. The highest BCUT2D eigenvalue weighted by atomic mass is 16.5. The third-order valence-corrected chi connectivity index (χ3v) is 2.17. The van der Waals surface area contributed by atoms with Gasteiger partial charge in [-0.1, -0.05) is 0 Å². The SMILES string of the molecule is COc1cc(OC)cc(OCCC(C)N)c1. The van der Waals surface area contributed by atoms with Crippen molar-refractivity contribution in [1.82, 2.24) is 0 Å². The summed E-state index contributed by atoms with van der Waals surface area (Å²) in [4.78, 5) is 0. The summed E-state index contributed by atoms with van der Waals surface area (Å²) >= 11 is 0. The van der Waals surface area contributed by atoms with Crippen molar-refractivity contribution in [2.24, 2.45) is 5.73 Å². The van der Waals surface area contributed by atoms with Gasteiger partial charge in [0.25, 0.3) is 0 Å². The van der Waals surface area contributed by atoms with Crippen molar-refractivity contribution in [3.05, 3.63) is 18.2 Å². The third kappa shape index (κ3) is 3.98. The van der Waals surface area contributed by atoms with Crippen LogP contribution in [0.4, 0.5) is 0 Å². The predicted octanol–water partition coefficient (Wildman–Crippen LogP) is 1.82. The summed E-state index contributed by atoms with van der Waals surface area (Å²) in [6.07, 6.45) is 0.819. The number of rotatable bonds is 6. The Morgan fingerprint density at radius 1 is 1.06 bits per heavy atom. The predicted molar refractivity (Wildman–Crippen MR) is 63.3 cm³/mol. The van der Waals surface area contributed by atoms with E-state index in [0.717, 1.165) is 23.7 Å². The zero-order valence-electron chi connectivity index (χ0n) is 10.0. The molecule has 4 heteroatoms. The molecule has 0 aliphatic heterocycles. The topological polar surface area (TPSA) is 53.7 Å². The van der Waals surface area contributed by atoms with E-state index in [9.17, 15) is 0 Å². The molecule has 1 unspecified atom stereocenters. The van der Waals surface area contributed by atoms with Gasteiger partial charge >= 0.3 is 0 Å². The van der Waals surface area contributed by atoms with Crippen LogP contribution in [0.2, 0.25) is 0 Å². The molecule has 0 heterocycles. The normalized spacial score (nSPS) is 12.0. The Kier molecular flexibility index (Phi) is 4.92. The number of nitrogens with two attached hydrogens (primary N) is 1. The number of ether oxygens (including phenoxy) is 3. The van der Waals surface area contributed by atoms with Crippen LogP contribution in [0.15, 0.2) is 18.2 Å². The minimum absolute atomic E-state index is 0.146. The van der Waals surface area contributed by atoms with Gasteiger partial charge in [0.05, 0.1) is 20.8 Å². The monoisotopic (exact) mass is 225 g/mol. The van der Waals surface area contributed by atoms with Crippen LogP contribution in [-0.4, -0.2) is 26.9 Å². The van der Waals surface area contributed by atoms with Crippen molar-refractivity contribution in [3.63, 3.8) is 0 Å². The third-order valence-electron chi connectivity index (χ3n) is 2.17. The second-order valence-corrected chi connectivity index (χ2v) is 3.66. The number of hydrogen-bond donors (Lipinski definition) is 1. The lowest BCUT2D eigenvalue weighted by Gasteiger charge is -2.11. The van der Waals surface area contributed by atoms with E-state index in [1.807, 2.05) is 19.1 Å². The molecule has 0 aliphatic rings. The summed E-state index contributed by atoms with van der Waals surface area (Å²) in [5.74, 6) is 2.17. The summed E-state index contributed by atoms with van der Waals surface area (Å²) < 4.78 is 15.8. The van der Waals surface area contributed by atoms with Crippen LogP contribution in [0, 0.1) is 0 Å². The van der Waals surface area contributed by atoms with Gasteiger partial charge in [-0.2, -0.15) is 0 Å². The fourth-order valence-electron chi connectivity index (χ4n) is 1.23. The molecule has 1 rings (SSSR count). The van der Waals surface area contributed by atoms with Crippen LogP contribution in [-0.2, 0) is 0 Å². The first kappa shape index (κ1) is 12.6. The smallest absolute Gasteiger partial charge is 0.126 e. The zero-order chi connectivity index (χ0) is 12.0. The van der Waals surface area contributed by atoms with Crippen molar-refractivity contribution in [2.75, 3.05) is 20.8 Å². The van der Waals surface area contributed by atoms with Crippen molar-refractivity contribution in [3.8, 4) is 17.2 Å². The van der Waals surface area contributed by atoms with E-state index in [-0.39, 0.29) is 6.04 Å². The molecule has 0 spiro atoms. The summed E-state index contributed by atoms with van der Waals surface area (Å²) in [7, 11) is 3.22. The van der Waals surface area contributed by atoms with Gasteiger partial charge in [0, 0.05) is 24.2 Å². The van der Waals surface area contributed by atoms with Gasteiger partial charge in [0.2, 0.25) is 0 Å². The molecule has 1 aromatic carbocycles. The lowest BCUT2D eigenvalue weighted by atomic mass is 10.2. The van der Waals surface area contributed by atoms with E-state index in [1.165, 1.54) is 0 Å². The lowest BCUT2D eigenvalue weighted by molar-refractivity contribution is 0.296. The molecule has 0 fully saturated rings. The fraction of sp³-hybridized carbons (Fsp3) is 0.500. The second kappa shape index (κ2) is 6.23. The van der Waals surface area contributed by atoms with Crippen molar-refractivity contribution >= 4 is 0 Å². The largest absolute Gasteiger partial charge is 0.496 e. The lowest BCUT2D eigenvalue weighted by Crippen LogP contribution is -2.18. The maximum Gasteiger partial charge on any atom is 0.126 e. The first-order valence-electron chi connectivity index (χ1n) is 5.27. The number of methoxy groups -OCH3 is 2. The minimum Gasteiger partial charge on any atom is -0.496 e. The van der Waals surface area contributed by atoms with Gasteiger partial charge < -0.3 is 19.9 Å². The Labute approximate surface area is 96.3 Å². The molecule has 2 N–H and O–H groups in total. The van der Waals surface area contributed by atoms with Crippen LogP contribution in [0.5, 0.6) is 17.2 Å². The van der Waals surface area contributed by atoms with Crippen molar-refractivity contribution < 1.29 is 14.2 Å². The summed E-state index contributed by atoms with van der Waals surface area (Å²) in [6, 6.07) is 5.60. The molecular weight excluding hydrogens is 206 g/mol. The Hall–Kier alpha value is -1.42. The van der Waals surface area contributed by atoms with Crippen LogP contribution < -0.4 is 19.9 Å². The van der Waals surface area contributed by atoms with E-state index >= 15 is 0 Å². The number of hydrogen-bond acceptors (Lipinski definition) is 4. The summed E-state index contributed by atoms with van der Waals surface area (Å²) in [6.45, 7) is 2.55. The summed E-state index contributed by atoms with van der Waals surface area (Å²) in [5.41, 5.74) is 5.64. The molecule has 0 bridgehead atoms. The molecule has 4 nitrogen and oxygen atoms in total. The Morgan fingerprint density at radius 2 is 1.56 bits per heavy atom. The van der Waals surface area contributed by atoms with Crippen molar-refractivity contribution in [1.29, 1.82) is 0 Å². The maximum absolute atomic E-state index is 5.64.